The Bertz CT molecular complexity index is 350. The zero-order chi connectivity index (χ0) is 12.0. The molecule has 16 heavy (non-hydrogen) atoms. The fourth-order valence-corrected chi connectivity index (χ4v) is 1.65. The summed E-state index contributed by atoms with van der Waals surface area (Å²) in [5.74, 6) is -0.179. The molecule has 1 aromatic carbocycles. The minimum Gasteiger partial charge on any atom is -0.365 e. The molecule has 0 saturated heterocycles. The van der Waals surface area contributed by atoms with Crippen LogP contribution in [-0.4, -0.2) is 26.7 Å². The van der Waals surface area contributed by atoms with Crippen molar-refractivity contribution < 1.29 is 4.39 Å². The summed E-state index contributed by atoms with van der Waals surface area (Å²) in [6.07, 6.45) is 0. The van der Waals surface area contributed by atoms with E-state index in [0.717, 1.165) is 18.7 Å². The first kappa shape index (κ1) is 12.7. The topological polar surface area (TPSA) is 15.3 Å². The third-order valence-corrected chi connectivity index (χ3v) is 2.42. The summed E-state index contributed by atoms with van der Waals surface area (Å²) >= 11 is 0. The van der Waals surface area contributed by atoms with Crippen molar-refractivity contribution in [3.05, 3.63) is 42.2 Å². The molecule has 0 aliphatic heterocycles. The molecule has 0 atom stereocenters. The van der Waals surface area contributed by atoms with Gasteiger partial charge in [0, 0.05) is 19.6 Å². The van der Waals surface area contributed by atoms with Crippen molar-refractivity contribution in [3.63, 3.8) is 0 Å². The van der Waals surface area contributed by atoms with Gasteiger partial charge in [-0.25, -0.2) is 4.39 Å². The van der Waals surface area contributed by atoms with Gasteiger partial charge in [0.1, 0.15) is 5.82 Å². The number of nitrogens with zero attached hydrogens (tertiary/aromatic N) is 1. The van der Waals surface area contributed by atoms with Gasteiger partial charge < -0.3 is 10.2 Å². The Labute approximate surface area is 96.8 Å². The number of hydrogen-bond donors (Lipinski definition) is 1. The van der Waals surface area contributed by atoms with Crippen molar-refractivity contribution in [1.29, 1.82) is 0 Å². The molecule has 1 rings (SSSR count). The van der Waals surface area contributed by atoms with E-state index in [1.54, 1.807) is 12.1 Å². The molecule has 0 heterocycles. The summed E-state index contributed by atoms with van der Waals surface area (Å²) in [5, 5.41) is 3.04. The number of halogens is 1. The standard InChI is InChI=1S/C13H19FN2/c1-4-16(10-11(2)9-15-3)13-8-6-5-7-12(13)14/h5-8,15H,2,4,9-10H2,1,3H3. The Morgan fingerprint density at radius 3 is 2.69 bits per heavy atom. The number of rotatable bonds is 6. The zero-order valence-electron chi connectivity index (χ0n) is 9.96. The van der Waals surface area contributed by atoms with Gasteiger partial charge >= 0.3 is 0 Å². The van der Waals surface area contributed by atoms with Crippen LogP contribution in [0, 0.1) is 5.82 Å². The Balaban J connectivity index is 2.75. The van der Waals surface area contributed by atoms with Crippen LogP contribution in [0.1, 0.15) is 6.92 Å². The second-order valence-corrected chi connectivity index (χ2v) is 3.75. The molecule has 0 aliphatic carbocycles. The highest BCUT2D eigenvalue weighted by Gasteiger charge is 2.09. The second-order valence-electron chi connectivity index (χ2n) is 3.75. The predicted octanol–water partition coefficient (Wildman–Crippen LogP) is 2.43. The van der Waals surface area contributed by atoms with Crippen LogP contribution in [-0.2, 0) is 0 Å². The monoisotopic (exact) mass is 222 g/mol. The van der Waals surface area contributed by atoms with Crippen LogP contribution in [0.4, 0.5) is 10.1 Å². The van der Waals surface area contributed by atoms with Gasteiger partial charge in [0.25, 0.3) is 0 Å². The highest BCUT2D eigenvalue weighted by molar-refractivity contribution is 5.48. The Morgan fingerprint density at radius 1 is 1.44 bits per heavy atom. The lowest BCUT2D eigenvalue weighted by molar-refractivity contribution is 0.620. The molecule has 0 radical (unpaired) electrons. The molecule has 3 heteroatoms. The van der Waals surface area contributed by atoms with Gasteiger partial charge in [0.2, 0.25) is 0 Å². The minimum atomic E-state index is -0.179. The fourth-order valence-electron chi connectivity index (χ4n) is 1.65. The molecule has 88 valence electrons. The number of likely N-dealkylation sites (N-methyl/N-ethyl adjacent to an activating group) is 2. The largest absolute Gasteiger partial charge is 0.365 e. The molecule has 0 aromatic heterocycles. The van der Waals surface area contributed by atoms with Crippen LogP contribution in [0.15, 0.2) is 36.4 Å². The van der Waals surface area contributed by atoms with E-state index in [9.17, 15) is 4.39 Å². The smallest absolute Gasteiger partial charge is 0.146 e. The molecule has 0 saturated carbocycles. The van der Waals surface area contributed by atoms with E-state index in [2.05, 4.69) is 11.9 Å². The van der Waals surface area contributed by atoms with E-state index < -0.39 is 0 Å². The molecule has 0 spiro atoms. The van der Waals surface area contributed by atoms with E-state index in [1.165, 1.54) is 6.07 Å². The quantitative estimate of drug-likeness (QED) is 0.744. The van der Waals surface area contributed by atoms with Crippen molar-refractivity contribution in [1.82, 2.24) is 5.32 Å². The lowest BCUT2D eigenvalue weighted by Gasteiger charge is -2.24. The average molecular weight is 222 g/mol. The normalized spacial score (nSPS) is 10.2. The summed E-state index contributed by atoms with van der Waals surface area (Å²) in [7, 11) is 1.88. The third kappa shape index (κ3) is 3.35. The van der Waals surface area contributed by atoms with Gasteiger partial charge in [-0.05, 0) is 31.7 Å². The van der Waals surface area contributed by atoms with E-state index >= 15 is 0 Å². The summed E-state index contributed by atoms with van der Waals surface area (Å²) in [5.41, 5.74) is 1.69. The Kier molecular flexibility index (Phi) is 4.99. The number of nitrogens with one attached hydrogen (secondary N) is 1. The summed E-state index contributed by atoms with van der Waals surface area (Å²) in [6.45, 7) is 8.18. The molecule has 0 amide bonds. The molecule has 1 aromatic rings. The molecular formula is C13H19FN2. The molecule has 0 aliphatic rings. The zero-order valence-corrected chi connectivity index (χ0v) is 9.96. The van der Waals surface area contributed by atoms with Crippen LogP contribution < -0.4 is 10.2 Å². The maximum atomic E-state index is 13.6. The van der Waals surface area contributed by atoms with Crippen molar-refractivity contribution in [2.45, 2.75) is 6.92 Å². The van der Waals surface area contributed by atoms with Crippen LogP contribution >= 0.6 is 0 Å². The first-order chi connectivity index (χ1) is 7.69. The second kappa shape index (κ2) is 6.28. The number of hydrogen-bond acceptors (Lipinski definition) is 2. The lowest BCUT2D eigenvalue weighted by Crippen LogP contribution is -2.28. The molecular weight excluding hydrogens is 203 g/mol. The van der Waals surface area contributed by atoms with Crippen LogP contribution in [0.2, 0.25) is 0 Å². The third-order valence-electron chi connectivity index (χ3n) is 2.42. The lowest BCUT2D eigenvalue weighted by atomic mass is 10.2. The van der Waals surface area contributed by atoms with Crippen LogP contribution in [0.3, 0.4) is 0 Å². The fraction of sp³-hybridized carbons (Fsp3) is 0.385. The van der Waals surface area contributed by atoms with E-state index in [0.29, 0.717) is 12.2 Å². The predicted molar refractivity (Wildman–Crippen MR) is 67.4 cm³/mol. The first-order valence-electron chi connectivity index (χ1n) is 5.49. The van der Waals surface area contributed by atoms with Crippen molar-refractivity contribution in [3.8, 4) is 0 Å². The molecule has 2 nitrogen and oxygen atoms in total. The van der Waals surface area contributed by atoms with E-state index in [1.807, 2.05) is 24.9 Å². The summed E-state index contributed by atoms with van der Waals surface area (Å²) in [6, 6.07) is 6.83. The molecule has 0 bridgehead atoms. The summed E-state index contributed by atoms with van der Waals surface area (Å²) < 4.78 is 13.6. The highest BCUT2D eigenvalue weighted by Crippen LogP contribution is 2.18. The maximum absolute atomic E-state index is 13.6. The first-order valence-corrected chi connectivity index (χ1v) is 5.49. The number of benzene rings is 1. The van der Waals surface area contributed by atoms with Gasteiger partial charge in [0.05, 0.1) is 5.69 Å². The number of anilines is 1. The van der Waals surface area contributed by atoms with Crippen molar-refractivity contribution in [2.24, 2.45) is 0 Å². The van der Waals surface area contributed by atoms with Gasteiger partial charge in [-0.1, -0.05) is 18.7 Å². The minimum absolute atomic E-state index is 0.179. The summed E-state index contributed by atoms with van der Waals surface area (Å²) in [4.78, 5) is 1.98. The highest BCUT2D eigenvalue weighted by atomic mass is 19.1. The Hall–Kier alpha value is -1.35. The average Bonchev–Trinajstić information content (AvgIpc) is 2.27. The van der Waals surface area contributed by atoms with Crippen LogP contribution in [0.25, 0.3) is 0 Å². The molecule has 0 fully saturated rings. The van der Waals surface area contributed by atoms with Gasteiger partial charge in [0.15, 0.2) is 0 Å². The Morgan fingerprint density at radius 2 is 2.12 bits per heavy atom. The maximum Gasteiger partial charge on any atom is 0.146 e. The molecule has 0 unspecified atom stereocenters. The van der Waals surface area contributed by atoms with Gasteiger partial charge in [-0.2, -0.15) is 0 Å². The van der Waals surface area contributed by atoms with E-state index in [4.69, 9.17) is 0 Å². The van der Waals surface area contributed by atoms with Crippen molar-refractivity contribution in [2.75, 3.05) is 31.6 Å². The van der Waals surface area contributed by atoms with Crippen molar-refractivity contribution >= 4 is 5.69 Å². The number of para-hydroxylation sites is 1. The molecule has 1 N–H and O–H groups in total. The van der Waals surface area contributed by atoms with Gasteiger partial charge in [-0.3, -0.25) is 0 Å². The van der Waals surface area contributed by atoms with Gasteiger partial charge in [-0.15, -0.1) is 0 Å². The van der Waals surface area contributed by atoms with Crippen LogP contribution in [0.5, 0.6) is 0 Å². The van der Waals surface area contributed by atoms with E-state index in [-0.39, 0.29) is 5.82 Å². The SMILES string of the molecule is C=C(CNC)CN(CC)c1ccccc1F.